The van der Waals surface area contributed by atoms with Gasteiger partial charge in [-0.05, 0) is 25.1 Å². The molecule has 0 fully saturated rings. The van der Waals surface area contributed by atoms with Crippen LogP contribution in [0.3, 0.4) is 0 Å². The Hall–Kier alpha value is -0.770. The van der Waals surface area contributed by atoms with E-state index in [1.807, 2.05) is 6.92 Å². The zero-order chi connectivity index (χ0) is 9.14. The lowest BCUT2D eigenvalue weighted by Gasteiger charge is -2.11. The minimum Gasteiger partial charge on any atom is -0.508 e. The van der Waals surface area contributed by atoms with Gasteiger partial charge in [0.15, 0.2) is 0 Å². The summed E-state index contributed by atoms with van der Waals surface area (Å²) in [4.78, 5) is 0. The Kier molecular flexibility index (Phi) is 2.92. The minimum atomic E-state index is -0.108. The number of hydrogen-bond acceptors (Lipinski definition) is 3. The molecule has 0 aliphatic carbocycles. The van der Waals surface area contributed by atoms with Gasteiger partial charge in [0.05, 0.1) is 0 Å². The number of halogens is 1. The zero-order valence-electron chi connectivity index (χ0n) is 6.71. The molecule has 0 aromatic heterocycles. The summed E-state index contributed by atoms with van der Waals surface area (Å²) in [5.41, 5.74) is 3.23. The Morgan fingerprint density at radius 1 is 1.58 bits per heavy atom. The Morgan fingerprint density at radius 2 is 2.25 bits per heavy atom. The zero-order valence-corrected chi connectivity index (χ0v) is 7.47. The number of hydrogen-bond donors (Lipinski definition) is 3. The predicted octanol–water partition coefficient (Wildman–Crippen LogP) is 1.57. The van der Waals surface area contributed by atoms with Gasteiger partial charge in [-0.1, -0.05) is 11.6 Å². The molecular formula is C8H11ClN2O. The maximum absolute atomic E-state index is 9.38. The number of benzene rings is 1. The lowest BCUT2D eigenvalue weighted by Crippen LogP contribution is -2.25. The molecule has 0 bridgehead atoms. The van der Waals surface area contributed by atoms with Crippen LogP contribution in [0.15, 0.2) is 18.2 Å². The average molecular weight is 187 g/mol. The second-order valence-corrected chi connectivity index (χ2v) is 3.03. The highest BCUT2D eigenvalue weighted by Gasteiger charge is 2.08. The van der Waals surface area contributed by atoms with Crippen molar-refractivity contribution in [2.45, 2.75) is 13.0 Å². The summed E-state index contributed by atoms with van der Waals surface area (Å²) in [6.07, 6.45) is 0. The summed E-state index contributed by atoms with van der Waals surface area (Å²) in [7, 11) is 0. The molecule has 0 heterocycles. The van der Waals surface area contributed by atoms with Crippen LogP contribution in [0.5, 0.6) is 5.75 Å². The van der Waals surface area contributed by atoms with E-state index in [1.54, 1.807) is 18.2 Å². The highest BCUT2D eigenvalue weighted by atomic mass is 35.5. The molecule has 0 aliphatic rings. The van der Waals surface area contributed by atoms with Crippen molar-refractivity contribution in [3.8, 4) is 5.75 Å². The Balaban J connectivity index is 3.04. The van der Waals surface area contributed by atoms with Crippen molar-refractivity contribution in [2.75, 3.05) is 0 Å². The van der Waals surface area contributed by atoms with E-state index in [2.05, 4.69) is 5.43 Å². The van der Waals surface area contributed by atoms with Crippen LogP contribution in [0, 0.1) is 0 Å². The monoisotopic (exact) mass is 186 g/mol. The molecular weight excluding hydrogens is 176 g/mol. The van der Waals surface area contributed by atoms with Gasteiger partial charge in [-0.25, -0.2) is 0 Å². The number of phenols is 1. The molecule has 66 valence electrons. The topological polar surface area (TPSA) is 58.3 Å². The first kappa shape index (κ1) is 9.32. The fourth-order valence-electron chi connectivity index (χ4n) is 0.962. The van der Waals surface area contributed by atoms with E-state index >= 15 is 0 Å². The van der Waals surface area contributed by atoms with Crippen molar-refractivity contribution in [1.29, 1.82) is 0 Å². The predicted molar refractivity (Wildman–Crippen MR) is 48.9 cm³/mol. The third-order valence-corrected chi connectivity index (χ3v) is 1.94. The molecule has 4 N–H and O–H groups in total. The van der Waals surface area contributed by atoms with Crippen LogP contribution in [-0.4, -0.2) is 5.11 Å². The number of aromatic hydroxyl groups is 1. The van der Waals surface area contributed by atoms with E-state index in [1.165, 1.54) is 0 Å². The van der Waals surface area contributed by atoms with E-state index in [9.17, 15) is 5.11 Å². The molecule has 1 rings (SSSR count). The number of phenolic OH excluding ortho intramolecular Hbond substituents is 1. The molecule has 4 heteroatoms. The van der Waals surface area contributed by atoms with Crippen molar-refractivity contribution in [3.63, 3.8) is 0 Å². The summed E-state index contributed by atoms with van der Waals surface area (Å²) in [5.74, 6) is 5.42. The molecule has 0 spiro atoms. The van der Waals surface area contributed by atoms with Gasteiger partial charge in [-0.3, -0.25) is 11.3 Å². The van der Waals surface area contributed by atoms with E-state index in [4.69, 9.17) is 17.4 Å². The molecule has 12 heavy (non-hydrogen) atoms. The largest absolute Gasteiger partial charge is 0.508 e. The van der Waals surface area contributed by atoms with Crippen LogP contribution in [0.1, 0.15) is 18.5 Å². The van der Waals surface area contributed by atoms with Gasteiger partial charge >= 0.3 is 0 Å². The standard InChI is InChI=1S/C8H11ClN2O/c1-5(11-10)7-4-6(9)2-3-8(7)12/h2-5,11-12H,10H2,1H3/t5-/m0/s1. The number of rotatable bonds is 2. The Labute approximate surface area is 76.1 Å². The molecule has 1 aromatic rings. The van der Waals surface area contributed by atoms with Gasteiger partial charge in [-0.15, -0.1) is 0 Å². The second-order valence-electron chi connectivity index (χ2n) is 2.59. The minimum absolute atomic E-state index is 0.108. The molecule has 1 aromatic carbocycles. The van der Waals surface area contributed by atoms with Crippen LogP contribution >= 0.6 is 11.6 Å². The third kappa shape index (κ3) is 1.88. The SMILES string of the molecule is C[C@H](NN)c1cc(Cl)ccc1O. The van der Waals surface area contributed by atoms with Gasteiger partial charge in [0.2, 0.25) is 0 Å². The summed E-state index contributed by atoms with van der Waals surface area (Å²) < 4.78 is 0. The van der Waals surface area contributed by atoms with Gasteiger partial charge in [0.1, 0.15) is 5.75 Å². The first-order valence-electron chi connectivity index (χ1n) is 3.59. The van der Waals surface area contributed by atoms with E-state index in [0.29, 0.717) is 10.6 Å². The first-order valence-corrected chi connectivity index (χ1v) is 3.97. The van der Waals surface area contributed by atoms with Gasteiger partial charge in [0.25, 0.3) is 0 Å². The van der Waals surface area contributed by atoms with Crippen molar-refractivity contribution in [2.24, 2.45) is 5.84 Å². The summed E-state index contributed by atoms with van der Waals surface area (Å²) in [6, 6.07) is 4.75. The van der Waals surface area contributed by atoms with Crippen molar-refractivity contribution < 1.29 is 5.11 Å². The smallest absolute Gasteiger partial charge is 0.120 e. The normalized spacial score (nSPS) is 12.9. The fourth-order valence-corrected chi connectivity index (χ4v) is 1.14. The quantitative estimate of drug-likeness (QED) is 0.486. The molecule has 0 saturated carbocycles. The van der Waals surface area contributed by atoms with Crippen LogP contribution in [0.4, 0.5) is 0 Å². The first-order chi connectivity index (χ1) is 5.65. The molecule has 0 saturated heterocycles. The maximum Gasteiger partial charge on any atom is 0.120 e. The van der Waals surface area contributed by atoms with Crippen LogP contribution in [-0.2, 0) is 0 Å². The van der Waals surface area contributed by atoms with Crippen LogP contribution in [0.25, 0.3) is 0 Å². The molecule has 3 nitrogen and oxygen atoms in total. The molecule has 1 atom stereocenters. The molecule has 0 amide bonds. The maximum atomic E-state index is 9.38. The van der Waals surface area contributed by atoms with Crippen molar-refractivity contribution in [1.82, 2.24) is 5.43 Å². The second kappa shape index (κ2) is 3.76. The molecule has 0 unspecified atom stereocenters. The lowest BCUT2D eigenvalue weighted by molar-refractivity contribution is 0.454. The number of nitrogens with one attached hydrogen (secondary N) is 1. The molecule has 0 radical (unpaired) electrons. The number of nitrogens with two attached hydrogens (primary N) is 1. The van der Waals surface area contributed by atoms with Gasteiger partial charge < -0.3 is 5.11 Å². The van der Waals surface area contributed by atoms with Crippen molar-refractivity contribution >= 4 is 11.6 Å². The summed E-state index contributed by atoms with van der Waals surface area (Å²) in [5, 5.41) is 9.97. The van der Waals surface area contributed by atoms with Crippen LogP contribution < -0.4 is 11.3 Å². The third-order valence-electron chi connectivity index (χ3n) is 1.71. The van der Waals surface area contributed by atoms with E-state index in [0.717, 1.165) is 0 Å². The average Bonchev–Trinajstić information content (AvgIpc) is 2.08. The van der Waals surface area contributed by atoms with E-state index in [-0.39, 0.29) is 11.8 Å². The fraction of sp³-hybridized carbons (Fsp3) is 0.250. The highest BCUT2D eigenvalue weighted by molar-refractivity contribution is 6.30. The van der Waals surface area contributed by atoms with E-state index < -0.39 is 0 Å². The number of hydrazine groups is 1. The van der Waals surface area contributed by atoms with Crippen molar-refractivity contribution in [3.05, 3.63) is 28.8 Å². The summed E-state index contributed by atoms with van der Waals surface area (Å²) >= 11 is 5.74. The van der Waals surface area contributed by atoms with Gasteiger partial charge in [0, 0.05) is 16.6 Å². The molecule has 0 aliphatic heterocycles. The lowest BCUT2D eigenvalue weighted by atomic mass is 10.1. The highest BCUT2D eigenvalue weighted by Crippen LogP contribution is 2.26. The van der Waals surface area contributed by atoms with Crippen LogP contribution in [0.2, 0.25) is 5.02 Å². The van der Waals surface area contributed by atoms with Gasteiger partial charge in [-0.2, -0.15) is 0 Å². The Bertz CT molecular complexity index is 278. The summed E-state index contributed by atoms with van der Waals surface area (Å²) in [6.45, 7) is 1.84. The Morgan fingerprint density at radius 3 is 2.83 bits per heavy atom.